The van der Waals surface area contributed by atoms with Gasteiger partial charge in [0.05, 0.1) is 17.8 Å². The summed E-state index contributed by atoms with van der Waals surface area (Å²) in [5, 5.41) is 13.7. The highest BCUT2D eigenvalue weighted by Crippen LogP contribution is 2.27. The molecule has 2 N–H and O–H groups in total. The van der Waals surface area contributed by atoms with Crippen molar-refractivity contribution in [1.29, 1.82) is 0 Å². The Hall–Kier alpha value is -0.610. The van der Waals surface area contributed by atoms with Crippen LogP contribution in [0.2, 0.25) is 0 Å². The van der Waals surface area contributed by atoms with Gasteiger partial charge in [0.15, 0.2) is 5.13 Å². The summed E-state index contributed by atoms with van der Waals surface area (Å²) in [5.41, 5.74) is 0.859. The van der Waals surface area contributed by atoms with E-state index >= 15 is 0 Å². The number of hydrogen-bond donors (Lipinski definition) is 2. The maximum absolute atomic E-state index is 9.43. The van der Waals surface area contributed by atoms with Gasteiger partial charge in [0, 0.05) is 4.88 Å². The molecule has 0 saturated heterocycles. The molecular weight excluding hydrogens is 208 g/mol. The smallest absolute Gasteiger partial charge is 0.183 e. The average molecular weight is 228 g/mol. The molecule has 1 aromatic heterocycles. The quantitative estimate of drug-likeness (QED) is 0.814. The standard InChI is InChI=1S/C11H20N2OS/c1-5-11(6-2,7-14)13-10-12-8(3)9(4)15-10/h14H,5-7H2,1-4H3,(H,12,13). The minimum absolute atomic E-state index is 0.150. The Morgan fingerprint density at radius 3 is 2.27 bits per heavy atom. The molecule has 0 unspecified atom stereocenters. The van der Waals surface area contributed by atoms with Crippen molar-refractivity contribution >= 4 is 16.5 Å². The molecule has 0 aromatic carbocycles. The van der Waals surface area contributed by atoms with E-state index in [4.69, 9.17) is 0 Å². The normalized spacial score (nSPS) is 11.8. The Morgan fingerprint density at radius 1 is 1.33 bits per heavy atom. The molecule has 0 aliphatic heterocycles. The van der Waals surface area contributed by atoms with Crippen LogP contribution in [0.5, 0.6) is 0 Å². The van der Waals surface area contributed by atoms with Gasteiger partial charge in [-0.3, -0.25) is 0 Å². The van der Waals surface area contributed by atoms with Crippen LogP contribution in [0, 0.1) is 13.8 Å². The Balaban J connectivity index is 2.82. The van der Waals surface area contributed by atoms with E-state index in [2.05, 4.69) is 31.1 Å². The molecule has 1 aromatic rings. The second kappa shape index (κ2) is 4.94. The first-order chi connectivity index (χ1) is 7.06. The summed E-state index contributed by atoms with van der Waals surface area (Å²) in [7, 11) is 0. The van der Waals surface area contributed by atoms with E-state index in [-0.39, 0.29) is 12.1 Å². The summed E-state index contributed by atoms with van der Waals surface area (Å²) >= 11 is 1.65. The van der Waals surface area contributed by atoms with Crippen molar-refractivity contribution in [3.05, 3.63) is 10.6 Å². The Labute approximate surface area is 95.6 Å². The lowest BCUT2D eigenvalue weighted by molar-refractivity contribution is 0.202. The van der Waals surface area contributed by atoms with Crippen LogP contribution in [0.3, 0.4) is 0 Å². The number of aliphatic hydroxyl groups is 1. The zero-order chi connectivity index (χ0) is 11.5. The van der Waals surface area contributed by atoms with Crippen molar-refractivity contribution in [1.82, 2.24) is 4.98 Å². The number of aromatic nitrogens is 1. The fourth-order valence-corrected chi connectivity index (χ4v) is 2.38. The molecular formula is C11H20N2OS. The van der Waals surface area contributed by atoms with Crippen molar-refractivity contribution < 1.29 is 5.11 Å². The number of nitrogens with zero attached hydrogens (tertiary/aromatic N) is 1. The van der Waals surface area contributed by atoms with Crippen LogP contribution in [0.25, 0.3) is 0 Å². The lowest BCUT2D eigenvalue weighted by Crippen LogP contribution is -2.40. The van der Waals surface area contributed by atoms with E-state index in [1.807, 2.05) is 6.92 Å². The van der Waals surface area contributed by atoms with Crippen LogP contribution in [0.15, 0.2) is 0 Å². The van der Waals surface area contributed by atoms with Crippen molar-refractivity contribution in [2.75, 3.05) is 11.9 Å². The molecule has 0 aliphatic carbocycles. The molecule has 0 atom stereocenters. The van der Waals surface area contributed by atoms with Gasteiger partial charge in [0.25, 0.3) is 0 Å². The minimum atomic E-state index is -0.212. The Bertz CT molecular complexity index is 291. The van der Waals surface area contributed by atoms with E-state index in [1.165, 1.54) is 4.88 Å². The van der Waals surface area contributed by atoms with Crippen molar-refractivity contribution in [2.24, 2.45) is 0 Å². The SMILES string of the molecule is CCC(CC)(CO)Nc1nc(C)c(C)s1. The maximum atomic E-state index is 9.43. The molecule has 15 heavy (non-hydrogen) atoms. The van der Waals surface area contributed by atoms with Crippen LogP contribution >= 0.6 is 11.3 Å². The van der Waals surface area contributed by atoms with E-state index in [0.29, 0.717) is 0 Å². The molecule has 0 bridgehead atoms. The number of hydrogen-bond acceptors (Lipinski definition) is 4. The van der Waals surface area contributed by atoms with Gasteiger partial charge in [-0.15, -0.1) is 11.3 Å². The summed E-state index contributed by atoms with van der Waals surface area (Å²) in [6.45, 7) is 8.39. The van der Waals surface area contributed by atoms with E-state index < -0.39 is 0 Å². The molecule has 0 spiro atoms. The van der Waals surface area contributed by atoms with Crippen molar-refractivity contribution in [3.8, 4) is 0 Å². The molecule has 0 saturated carbocycles. The number of nitrogens with one attached hydrogen (secondary N) is 1. The van der Waals surface area contributed by atoms with Crippen LogP contribution in [-0.2, 0) is 0 Å². The highest BCUT2D eigenvalue weighted by molar-refractivity contribution is 7.15. The van der Waals surface area contributed by atoms with Gasteiger partial charge in [0.2, 0.25) is 0 Å². The van der Waals surface area contributed by atoms with Gasteiger partial charge in [-0.05, 0) is 26.7 Å². The summed E-state index contributed by atoms with van der Waals surface area (Å²) in [6, 6.07) is 0. The molecule has 1 rings (SSSR count). The van der Waals surface area contributed by atoms with Gasteiger partial charge in [-0.2, -0.15) is 0 Å². The van der Waals surface area contributed by atoms with Crippen molar-refractivity contribution in [2.45, 2.75) is 46.1 Å². The van der Waals surface area contributed by atoms with Crippen LogP contribution < -0.4 is 5.32 Å². The number of aliphatic hydroxyl groups excluding tert-OH is 1. The average Bonchev–Trinajstić information content (AvgIpc) is 2.55. The Kier molecular flexibility index (Phi) is 4.11. The first-order valence-electron chi connectivity index (χ1n) is 5.40. The van der Waals surface area contributed by atoms with Gasteiger partial charge >= 0.3 is 0 Å². The molecule has 4 heteroatoms. The zero-order valence-corrected chi connectivity index (χ0v) is 10.7. The first-order valence-corrected chi connectivity index (χ1v) is 6.21. The predicted molar refractivity (Wildman–Crippen MR) is 65.6 cm³/mol. The summed E-state index contributed by atoms with van der Waals surface area (Å²) in [6.07, 6.45) is 1.80. The van der Waals surface area contributed by atoms with Crippen LogP contribution in [0.1, 0.15) is 37.3 Å². The fourth-order valence-electron chi connectivity index (χ4n) is 1.44. The van der Waals surface area contributed by atoms with E-state index in [9.17, 15) is 5.11 Å². The largest absolute Gasteiger partial charge is 0.394 e. The number of aryl methyl sites for hydroxylation is 2. The molecule has 0 aliphatic rings. The third kappa shape index (κ3) is 2.69. The second-order valence-corrected chi connectivity index (χ2v) is 5.13. The summed E-state index contributed by atoms with van der Waals surface area (Å²) in [5.74, 6) is 0. The molecule has 0 radical (unpaired) electrons. The molecule has 3 nitrogen and oxygen atoms in total. The van der Waals surface area contributed by atoms with E-state index in [1.54, 1.807) is 11.3 Å². The highest BCUT2D eigenvalue weighted by Gasteiger charge is 2.26. The lowest BCUT2D eigenvalue weighted by atomic mass is 9.94. The second-order valence-electron chi connectivity index (χ2n) is 3.93. The summed E-state index contributed by atoms with van der Waals surface area (Å²) < 4.78 is 0. The third-order valence-corrected chi connectivity index (χ3v) is 4.05. The number of rotatable bonds is 5. The molecule has 86 valence electrons. The highest BCUT2D eigenvalue weighted by atomic mass is 32.1. The summed E-state index contributed by atoms with van der Waals surface area (Å²) in [4.78, 5) is 5.67. The predicted octanol–water partition coefficient (Wildman–Crippen LogP) is 2.72. The zero-order valence-electron chi connectivity index (χ0n) is 9.92. The van der Waals surface area contributed by atoms with E-state index in [0.717, 1.165) is 23.7 Å². The van der Waals surface area contributed by atoms with Gasteiger partial charge < -0.3 is 10.4 Å². The minimum Gasteiger partial charge on any atom is -0.394 e. The monoisotopic (exact) mass is 228 g/mol. The topological polar surface area (TPSA) is 45.1 Å². The molecule has 0 amide bonds. The fraction of sp³-hybridized carbons (Fsp3) is 0.727. The van der Waals surface area contributed by atoms with Crippen LogP contribution in [-0.4, -0.2) is 22.2 Å². The number of anilines is 1. The lowest BCUT2D eigenvalue weighted by Gasteiger charge is -2.30. The number of thiazole rings is 1. The van der Waals surface area contributed by atoms with Gasteiger partial charge in [0.1, 0.15) is 0 Å². The molecule has 1 heterocycles. The van der Waals surface area contributed by atoms with Gasteiger partial charge in [-0.1, -0.05) is 13.8 Å². The maximum Gasteiger partial charge on any atom is 0.183 e. The third-order valence-electron chi connectivity index (χ3n) is 3.06. The van der Waals surface area contributed by atoms with Crippen LogP contribution in [0.4, 0.5) is 5.13 Å². The van der Waals surface area contributed by atoms with Gasteiger partial charge in [-0.25, -0.2) is 4.98 Å². The van der Waals surface area contributed by atoms with Crippen molar-refractivity contribution in [3.63, 3.8) is 0 Å². The first kappa shape index (κ1) is 12.5. The molecule has 0 fully saturated rings. The Morgan fingerprint density at radius 2 is 1.93 bits per heavy atom.